The minimum absolute atomic E-state index is 0.0181. The molecule has 0 saturated heterocycles. The third-order valence-corrected chi connectivity index (χ3v) is 4.26. The van der Waals surface area contributed by atoms with Gasteiger partial charge >= 0.3 is 5.97 Å². The quantitative estimate of drug-likeness (QED) is 0.339. The highest BCUT2D eigenvalue weighted by atomic mass is 16.7. The second kappa shape index (κ2) is 8.95. The van der Waals surface area contributed by atoms with Gasteiger partial charge in [-0.1, -0.05) is 41.6 Å². The zero-order valence-corrected chi connectivity index (χ0v) is 16.2. The lowest BCUT2D eigenvalue weighted by molar-refractivity contribution is -0.139. The Kier molecular flexibility index (Phi) is 5.75. The molecule has 3 aromatic rings. The molecule has 4 rings (SSSR count). The Morgan fingerprint density at radius 2 is 2.03 bits per heavy atom. The van der Waals surface area contributed by atoms with Crippen LogP contribution in [0.5, 0.6) is 17.2 Å². The molecule has 0 spiro atoms. The first kappa shape index (κ1) is 19.3. The van der Waals surface area contributed by atoms with E-state index in [0.717, 1.165) is 17.0 Å². The average Bonchev–Trinajstić information content (AvgIpc) is 3.44. The predicted molar refractivity (Wildman–Crippen MR) is 108 cm³/mol. The Hall–Kier alpha value is -4.07. The Bertz CT molecular complexity index is 1100. The third kappa shape index (κ3) is 4.49. The smallest absolute Gasteiger partial charge is 0.331 e. The molecule has 0 N–H and O–H groups in total. The summed E-state index contributed by atoms with van der Waals surface area (Å²) in [6, 6.07) is 13.1. The van der Waals surface area contributed by atoms with Crippen molar-refractivity contribution in [1.82, 2.24) is 15.0 Å². The first-order valence-electron chi connectivity index (χ1n) is 9.19. The molecule has 1 aliphatic rings. The number of para-hydroxylation sites is 2. The van der Waals surface area contributed by atoms with Gasteiger partial charge in [-0.15, -0.1) is 5.10 Å². The number of allylic oxidation sites excluding steroid dienone is 2. The second-order valence-electron chi connectivity index (χ2n) is 6.26. The molecule has 152 valence electrons. The maximum absolute atomic E-state index is 11.9. The molecule has 30 heavy (non-hydrogen) atoms. The monoisotopic (exact) mass is 405 g/mol. The lowest BCUT2D eigenvalue weighted by Gasteiger charge is -2.06. The molecule has 1 aromatic heterocycles. The Labute approximate surface area is 172 Å². The van der Waals surface area contributed by atoms with E-state index < -0.39 is 5.97 Å². The number of nitrogens with zero attached hydrogens (tertiary/aromatic N) is 3. The van der Waals surface area contributed by atoms with Crippen LogP contribution in [0.15, 0.2) is 66.9 Å². The molecule has 0 amide bonds. The largest absolute Gasteiger partial charge is 0.494 e. The van der Waals surface area contributed by atoms with Crippen molar-refractivity contribution in [2.45, 2.75) is 6.61 Å². The van der Waals surface area contributed by atoms with E-state index >= 15 is 0 Å². The minimum atomic E-state index is -0.475. The molecule has 0 radical (unpaired) electrons. The Morgan fingerprint density at radius 1 is 1.17 bits per heavy atom. The maximum atomic E-state index is 11.9. The summed E-state index contributed by atoms with van der Waals surface area (Å²) in [5.74, 6) is 1.64. The van der Waals surface area contributed by atoms with Gasteiger partial charge in [0.05, 0.1) is 13.3 Å². The number of rotatable bonds is 7. The van der Waals surface area contributed by atoms with Gasteiger partial charge in [0.2, 0.25) is 6.79 Å². The molecule has 2 aromatic carbocycles. The summed E-state index contributed by atoms with van der Waals surface area (Å²) < 4.78 is 22.7. The number of carbonyl (C=O) groups is 1. The predicted octanol–water partition coefficient (Wildman–Crippen LogP) is 3.32. The van der Waals surface area contributed by atoms with Gasteiger partial charge in [0, 0.05) is 6.08 Å². The molecule has 0 fully saturated rings. The highest BCUT2D eigenvalue weighted by molar-refractivity contribution is 5.82. The minimum Gasteiger partial charge on any atom is -0.494 e. The topological polar surface area (TPSA) is 84.7 Å². The zero-order chi connectivity index (χ0) is 20.8. The van der Waals surface area contributed by atoms with Crippen molar-refractivity contribution in [2.24, 2.45) is 0 Å². The molecule has 0 bridgehead atoms. The van der Waals surface area contributed by atoms with Gasteiger partial charge in [-0.05, 0) is 29.8 Å². The van der Waals surface area contributed by atoms with E-state index in [1.165, 1.54) is 6.08 Å². The third-order valence-electron chi connectivity index (χ3n) is 4.26. The summed E-state index contributed by atoms with van der Waals surface area (Å²) >= 11 is 0. The highest BCUT2D eigenvalue weighted by Crippen LogP contribution is 2.32. The van der Waals surface area contributed by atoms with E-state index in [4.69, 9.17) is 18.9 Å². The van der Waals surface area contributed by atoms with E-state index in [-0.39, 0.29) is 13.4 Å². The van der Waals surface area contributed by atoms with Gasteiger partial charge in [-0.25, -0.2) is 9.48 Å². The fraction of sp³-hybridized carbons (Fsp3) is 0.136. The van der Waals surface area contributed by atoms with Gasteiger partial charge in [0.15, 0.2) is 11.5 Å². The Morgan fingerprint density at radius 3 is 2.93 bits per heavy atom. The first-order valence-corrected chi connectivity index (χ1v) is 9.19. The summed E-state index contributed by atoms with van der Waals surface area (Å²) in [7, 11) is 1.59. The van der Waals surface area contributed by atoms with Crippen molar-refractivity contribution < 1.29 is 23.7 Å². The number of hydrogen-bond acceptors (Lipinski definition) is 7. The van der Waals surface area contributed by atoms with Crippen LogP contribution in [0.4, 0.5) is 0 Å². The fourth-order valence-electron chi connectivity index (χ4n) is 2.81. The van der Waals surface area contributed by atoms with Crippen LogP contribution in [0, 0.1) is 0 Å². The number of ether oxygens (including phenoxy) is 4. The van der Waals surface area contributed by atoms with Crippen LogP contribution in [-0.2, 0) is 16.1 Å². The van der Waals surface area contributed by atoms with Crippen LogP contribution < -0.4 is 14.2 Å². The van der Waals surface area contributed by atoms with Crippen LogP contribution in [0.3, 0.4) is 0 Å². The SMILES string of the molecule is COc1ccccc1-n1cc(COC(=O)/C=C/C=C/c2ccc3c(c2)OCO3)nn1. The molecule has 1 aliphatic heterocycles. The van der Waals surface area contributed by atoms with Crippen molar-refractivity contribution in [2.75, 3.05) is 13.9 Å². The van der Waals surface area contributed by atoms with E-state index in [2.05, 4.69) is 10.3 Å². The molecule has 2 heterocycles. The van der Waals surface area contributed by atoms with Gasteiger partial charge in [-0.3, -0.25) is 0 Å². The number of hydrogen-bond donors (Lipinski definition) is 0. The van der Waals surface area contributed by atoms with Crippen LogP contribution in [-0.4, -0.2) is 34.9 Å². The summed E-state index contributed by atoms with van der Waals surface area (Å²) in [4.78, 5) is 11.9. The van der Waals surface area contributed by atoms with Crippen LogP contribution in [0.2, 0.25) is 0 Å². The lowest BCUT2D eigenvalue weighted by Crippen LogP contribution is -2.01. The standard InChI is InChI=1S/C22H19N3O5/c1-27-19-8-4-3-7-18(19)25-13-17(23-24-25)14-28-22(26)9-5-2-6-16-10-11-20-21(12-16)30-15-29-20/h2-13H,14-15H2,1H3/b6-2+,9-5+. The van der Waals surface area contributed by atoms with Gasteiger partial charge in [0.1, 0.15) is 23.7 Å². The first-order chi connectivity index (χ1) is 14.7. The molecule has 8 heteroatoms. The van der Waals surface area contributed by atoms with E-state index in [9.17, 15) is 4.79 Å². The van der Waals surface area contributed by atoms with Gasteiger partial charge in [-0.2, -0.15) is 0 Å². The summed E-state index contributed by atoms with van der Waals surface area (Å²) in [6.07, 6.45) is 8.24. The molecule has 0 aliphatic carbocycles. The number of benzene rings is 2. The van der Waals surface area contributed by atoms with E-state index in [1.54, 1.807) is 30.1 Å². The van der Waals surface area contributed by atoms with Crippen molar-refractivity contribution in [3.63, 3.8) is 0 Å². The van der Waals surface area contributed by atoms with Gasteiger partial charge < -0.3 is 18.9 Å². The van der Waals surface area contributed by atoms with Crippen LogP contribution >= 0.6 is 0 Å². The lowest BCUT2D eigenvalue weighted by atomic mass is 10.2. The summed E-state index contributed by atoms with van der Waals surface area (Å²) in [6.45, 7) is 0.255. The second-order valence-corrected chi connectivity index (χ2v) is 6.26. The molecule has 0 saturated carbocycles. The van der Waals surface area contributed by atoms with E-state index in [0.29, 0.717) is 17.2 Å². The van der Waals surface area contributed by atoms with Crippen molar-refractivity contribution >= 4 is 12.0 Å². The summed E-state index contributed by atoms with van der Waals surface area (Å²) in [5.41, 5.74) is 2.21. The Balaban J connectivity index is 1.29. The van der Waals surface area contributed by atoms with Gasteiger partial charge in [0.25, 0.3) is 0 Å². The number of methoxy groups -OCH3 is 1. The normalized spacial score (nSPS) is 12.6. The van der Waals surface area contributed by atoms with Crippen molar-refractivity contribution in [1.29, 1.82) is 0 Å². The maximum Gasteiger partial charge on any atom is 0.331 e. The number of aromatic nitrogens is 3. The number of fused-ring (bicyclic) bond motifs is 1. The zero-order valence-electron chi connectivity index (χ0n) is 16.2. The van der Waals surface area contributed by atoms with E-state index in [1.807, 2.05) is 48.5 Å². The van der Waals surface area contributed by atoms with Crippen LogP contribution in [0.25, 0.3) is 11.8 Å². The fourth-order valence-corrected chi connectivity index (χ4v) is 2.81. The van der Waals surface area contributed by atoms with Crippen molar-refractivity contribution in [3.05, 3.63) is 78.1 Å². The average molecular weight is 405 g/mol. The molecular weight excluding hydrogens is 386 g/mol. The number of esters is 1. The molecule has 8 nitrogen and oxygen atoms in total. The molecule has 0 atom stereocenters. The highest BCUT2D eigenvalue weighted by Gasteiger charge is 2.12. The van der Waals surface area contributed by atoms with Crippen LogP contribution in [0.1, 0.15) is 11.3 Å². The number of carbonyl (C=O) groups excluding carboxylic acids is 1. The molecular formula is C22H19N3O5. The summed E-state index contributed by atoms with van der Waals surface area (Å²) in [5, 5.41) is 8.08. The molecule has 0 unspecified atom stereocenters. The van der Waals surface area contributed by atoms with Crippen molar-refractivity contribution in [3.8, 4) is 22.9 Å².